The minimum absolute atomic E-state index is 0.369. The van der Waals surface area contributed by atoms with Crippen molar-refractivity contribution in [3.63, 3.8) is 0 Å². The number of benzene rings is 1. The van der Waals surface area contributed by atoms with Crippen molar-refractivity contribution >= 4 is 32.7 Å². The van der Waals surface area contributed by atoms with E-state index in [0.717, 1.165) is 17.5 Å². The zero-order chi connectivity index (χ0) is 18.2. The molecule has 0 aliphatic rings. The van der Waals surface area contributed by atoms with Crippen LogP contribution >= 0.6 is 15.9 Å². The van der Waals surface area contributed by atoms with Gasteiger partial charge in [-0.3, -0.25) is 0 Å². The highest BCUT2D eigenvalue weighted by Gasteiger charge is 2.30. The molecule has 0 spiro atoms. The molecule has 1 atom stereocenters. The van der Waals surface area contributed by atoms with E-state index in [1.54, 1.807) is 32.2 Å². The molecule has 2 heterocycles. The fourth-order valence-corrected chi connectivity index (χ4v) is 2.84. The minimum atomic E-state index is -4.37. The molecule has 0 radical (unpaired) electrons. The van der Waals surface area contributed by atoms with E-state index in [1.807, 2.05) is 0 Å². The van der Waals surface area contributed by atoms with E-state index in [0.29, 0.717) is 27.3 Å². The zero-order valence-electron chi connectivity index (χ0n) is 13.4. The minimum Gasteiger partial charge on any atom is -0.363 e. The molecule has 0 saturated carbocycles. The highest BCUT2D eigenvalue weighted by Crippen LogP contribution is 2.32. The predicted octanol–water partition coefficient (Wildman–Crippen LogP) is 5.29. The first-order valence-corrected chi connectivity index (χ1v) is 8.27. The van der Waals surface area contributed by atoms with Gasteiger partial charge in [-0.1, -0.05) is 12.1 Å². The van der Waals surface area contributed by atoms with E-state index in [2.05, 4.69) is 36.2 Å². The maximum absolute atomic E-state index is 12.9. The van der Waals surface area contributed by atoms with E-state index in [4.69, 9.17) is 0 Å². The Labute approximate surface area is 150 Å². The molecular formula is C17H14BrF3N4. The molecule has 25 heavy (non-hydrogen) atoms. The topological polar surface area (TPSA) is 50.7 Å². The van der Waals surface area contributed by atoms with Crippen molar-refractivity contribution in [3.8, 4) is 0 Å². The van der Waals surface area contributed by atoms with E-state index >= 15 is 0 Å². The zero-order valence-corrected chi connectivity index (χ0v) is 15.0. The van der Waals surface area contributed by atoms with Crippen LogP contribution in [0.3, 0.4) is 0 Å². The Morgan fingerprint density at radius 1 is 1.16 bits per heavy atom. The number of nitrogens with zero attached hydrogens (tertiary/aromatic N) is 3. The van der Waals surface area contributed by atoms with Crippen LogP contribution in [0.2, 0.25) is 0 Å². The largest absolute Gasteiger partial charge is 0.416 e. The molecular weight excluding hydrogens is 397 g/mol. The quantitative estimate of drug-likeness (QED) is 0.596. The number of nitrogens with one attached hydrogen (secondary N) is 1. The van der Waals surface area contributed by atoms with Crippen molar-refractivity contribution in [1.29, 1.82) is 0 Å². The van der Waals surface area contributed by atoms with Crippen LogP contribution in [0.4, 0.5) is 19.0 Å². The van der Waals surface area contributed by atoms with Crippen LogP contribution in [0.1, 0.15) is 29.9 Å². The second kappa shape index (κ2) is 6.59. The Balaban J connectivity index is 1.97. The van der Waals surface area contributed by atoms with Gasteiger partial charge in [0.1, 0.15) is 16.2 Å². The number of hydrogen-bond donors (Lipinski definition) is 1. The summed E-state index contributed by atoms with van der Waals surface area (Å²) < 4.78 is 39.4. The van der Waals surface area contributed by atoms with Crippen LogP contribution < -0.4 is 5.32 Å². The van der Waals surface area contributed by atoms with E-state index in [-0.39, 0.29) is 6.04 Å². The third-order valence-electron chi connectivity index (χ3n) is 3.73. The van der Waals surface area contributed by atoms with Gasteiger partial charge in [0.2, 0.25) is 0 Å². The Morgan fingerprint density at radius 3 is 2.64 bits per heavy atom. The number of rotatable bonds is 3. The average Bonchev–Trinajstić information content (AvgIpc) is 2.55. The van der Waals surface area contributed by atoms with Crippen LogP contribution in [0.15, 0.2) is 41.1 Å². The molecule has 0 aliphatic heterocycles. The molecule has 130 valence electrons. The van der Waals surface area contributed by atoms with Gasteiger partial charge < -0.3 is 5.32 Å². The predicted molar refractivity (Wildman–Crippen MR) is 93.3 cm³/mol. The first-order valence-electron chi connectivity index (χ1n) is 7.47. The summed E-state index contributed by atoms with van der Waals surface area (Å²) in [6.45, 7) is 3.54. The maximum atomic E-state index is 12.9. The highest BCUT2D eigenvalue weighted by molar-refractivity contribution is 9.10. The molecule has 0 saturated heterocycles. The van der Waals surface area contributed by atoms with Gasteiger partial charge in [0.05, 0.1) is 17.3 Å². The van der Waals surface area contributed by atoms with Gasteiger partial charge in [0.15, 0.2) is 0 Å². The fourth-order valence-electron chi connectivity index (χ4n) is 2.51. The molecule has 1 N–H and O–H groups in total. The normalized spacial score (nSPS) is 13.0. The Morgan fingerprint density at radius 2 is 1.92 bits per heavy atom. The highest BCUT2D eigenvalue weighted by atomic mass is 79.9. The second-order valence-corrected chi connectivity index (χ2v) is 6.45. The van der Waals surface area contributed by atoms with Gasteiger partial charge in [-0.15, -0.1) is 0 Å². The molecule has 1 unspecified atom stereocenters. The summed E-state index contributed by atoms with van der Waals surface area (Å²) in [5, 5.41) is 3.92. The third-order valence-corrected chi connectivity index (χ3v) is 4.16. The number of pyridine rings is 1. The lowest BCUT2D eigenvalue weighted by Gasteiger charge is -2.18. The van der Waals surface area contributed by atoms with Crippen LogP contribution in [0.25, 0.3) is 10.9 Å². The number of aryl methyl sites for hydroxylation is 1. The van der Waals surface area contributed by atoms with E-state index in [9.17, 15) is 13.2 Å². The summed E-state index contributed by atoms with van der Waals surface area (Å²) in [6, 6.07) is 6.66. The van der Waals surface area contributed by atoms with Crippen molar-refractivity contribution < 1.29 is 13.2 Å². The van der Waals surface area contributed by atoms with Crippen molar-refractivity contribution in [2.75, 3.05) is 5.32 Å². The van der Waals surface area contributed by atoms with Crippen LogP contribution in [0, 0.1) is 6.92 Å². The summed E-state index contributed by atoms with van der Waals surface area (Å²) in [5.74, 6) is 1.10. The number of hydrogen-bond acceptors (Lipinski definition) is 4. The van der Waals surface area contributed by atoms with Crippen LogP contribution in [0.5, 0.6) is 0 Å². The molecule has 2 aromatic heterocycles. The van der Waals surface area contributed by atoms with Gasteiger partial charge in [-0.25, -0.2) is 15.0 Å². The van der Waals surface area contributed by atoms with Gasteiger partial charge in [-0.05, 0) is 53.5 Å². The van der Waals surface area contributed by atoms with Crippen molar-refractivity contribution in [3.05, 3.63) is 58.1 Å². The van der Waals surface area contributed by atoms with Crippen molar-refractivity contribution in [2.45, 2.75) is 26.1 Å². The molecule has 0 fully saturated rings. The molecule has 1 aromatic carbocycles. The number of anilines is 1. The van der Waals surface area contributed by atoms with Gasteiger partial charge in [0.25, 0.3) is 0 Å². The molecule has 8 heteroatoms. The van der Waals surface area contributed by atoms with Gasteiger partial charge in [0, 0.05) is 11.4 Å². The Hall–Kier alpha value is -2.22. The van der Waals surface area contributed by atoms with Crippen molar-refractivity contribution in [2.24, 2.45) is 0 Å². The van der Waals surface area contributed by atoms with Crippen molar-refractivity contribution in [1.82, 2.24) is 15.0 Å². The molecule has 3 rings (SSSR count). The fraction of sp³-hybridized carbons (Fsp3) is 0.235. The molecule has 0 bridgehead atoms. The number of halogens is 4. The number of alkyl halides is 3. The van der Waals surface area contributed by atoms with E-state index in [1.165, 1.54) is 6.07 Å². The molecule has 0 aliphatic carbocycles. The first-order chi connectivity index (χ1) is 11.7. The SMILES string of the molecule is Cc1nc(NC(C)c2cccc(C(F)(F)F)c2)c2cc(Br)ncc2n1. The lowest BCUT2D eigenvalue weighted by molar-refractivity contribution is -0.137. The smallest absolute Gasteiger partial charge is 0.363 e. The summed E-state index contributed by atoms with van der Waals surface area (Å²) in [6.07, 6.45) is -2.75. The summed E-state index contributed by atoms with van der Waals surface area (Å²) in [5.41, 5.74) is 0.510. The summed E-state index contributed by atoms with van der Waals surface area (Å²) >= 11 is 3.31. The Kier molecular flexibility index (Phi) is 4.64. The maximum Gasteiger partial charge on any atom is 0.416 e. The molecule has 4 nitrogen and oxygen atoms in total. The average molecular weight is 411 g/mol. The number of aromatic nitrogens is 3. The Bertz CT molecular complexity index is 927. The first kappa shape index (κ1) is 17.6. The third kappa shape index (κ3) is 3.89. The van der Waals surface area contributed by atoms with Crippen LogP contribution in [-0.2, 0) is 6.18 Å². The lowest BCUT2D eigenvalue weighted by Crippen LogP contribution is -2.12. The van der Waals surface area contributed by atoms with E-state index < -0.39 is 11.7 Å². The monoisotopic (exact) mass is 410 g/mol. The second-order valence-electron chi connectivity index (χ2n) is 5.63. The van der Waals surface area contributed by atoms with Gasteiger partial charge in [-0.2, -0.15) is 13.2 Å². The summed E-state index contributed by atoms with van der Waals surface area (Å²) in [4.78, 5) is 12.8. The summed E-state index contributed by atoms with van der Waals surface area (Å²) in [7, 11) is 0. The number of fused-ring (bicyclic) bond motifs is 1. The van der Waals surface area contributed by atoms with Crippen LogP contribution in [-0.4, -0.2) is 15.0 Å². The lowest BCUT2D eigenvalue weighted by atomic mass is 10.0. The molecule has 3 aromatic rings. The standard InChI is InChI=1S/C17H14BrF3N4/c1-9(11-4-3-5-12(6-11)17(19,20)21)23-16-13-7-15(18)22-8-14(13)24-10(2)25-16/h3-9H,1-2H3,(H,23,24,25). The molecule has 0 amide bonds. The van der Waals surface area contributed by atoms with Gasteiger partial charge >= 0.3 is 6.18 Å².